The monoisotopic (exact) mass is 532 g/mol. The van der Waals surface area contributed by atoms with Crippen molar-refractivity contribution in [2.75, 3.05) is 6.61 Å². The van der Waals surface area contributed by atoms with Crippen LogP contribution in [0.15, 0.2) is 0 Å². The molecule has 2 N–H and O–H groups in total. The van der Waals surface area contributed by atoms with Crippen molar-refractivity contribution in [3.05, 3.63) is 0 Å². The van der Waals surface area contributed by atoms with Gasteiger partial charge < -0.3 is 14.9 Å². The molecule has 3 nitrogen and oxygen atoms in total. The average Bonchev–Trinajstić information content (AvgIpc) is 3.35. The van der Waals surface area contributed by atoms with Crippen LogP contribution in [-0.2, 0) is 4.74 Å². The number of fused-ring (bicyclic) bond motifs is 2. The Bertz CT molecular complexity index is 651. The van der Waals surface area contributed by atoms with E-state index in [0.29, 0.717) is 0 Å². The molecule has 4 rings (SSSR count). The molecule has 0 aromatic carbocycles. The SMILES string of the molecule is OC12C3CCCCCCCCCCCCCCCC34OCCCCCCCCCCCCCCCC1C42O. The van der Waals surface area contributed by atoms with Crippen molar-refractivity contribution >= 4 is 0 Å². The van der Waals surface area contributed by atoms with E-state index in [9.17, 15) is 10.2 Å². The van der Waals surface area contributed by atoms with E-state index < -0.39 is 16.8 Å². The van der Waals surface area contributed by atoms with E-state index in [0.717, 1.165) is 45.1 Å². The smallest absolute Gasteiger partial charge is 0.129 e. The first kappa shape index (κ1) is 30.8. The summed E-state index contributed by atoms with van der Waals surface area (Å²) >= 11 is 0. The maximum atomic E-state index is 12.2. The van der Waals surface area contributed by atoms with E-state index in [2.05, 4.69) is 0 Å². The van der Waals surface area contributed by atoms with Gasteiger partial charge in [0.2, 0.25) is 0 Å². The summed E-state index contributed by atoms with van der Waals surface area (Å²) in [5.74, 6) is 0.166. The lowest BCUT2D eigenvalue weighted by molar-refractivity contribution is -0.287. The van der Waals surface area contributed by atoms with E-state index in [-0.39, 0.29) is 11.8 Å². The lowest BCUT2D eigenvalue weighted by Crippen LogP contribution is -2.71. The first-order valence-electron chi connectivity index (χ1n) is 17.8. The Kier molecular flexibility index (Phi) is 12.8. The number of ether oxygens (including phenoxy) is 1. The van der Waals surface area contributed by atoms with Crippen LogP contribution in [0.4, 0.5) is 0 Å². The molecule has 1 heterocycles. The Morgan fingerprint density at radius 1 is 0.395 bits per heavy atom. The minimum Gasteiger partial charge on any atom is -0.386 e. The van der Waals surface area contributed by atoms with Gasteiger partial charge in [0, 0.05) is 18.4 Å². The van der Waals surface area contributed by atoms with Crippen LogP contribution in [0.5, 0.6) is 0 Å². The highest BCUT2D eigenvalue weighted by molar-refractivity contribution is 5.46. The molecule has 1 saturated heterocycles. The summed E-state index contributed by atoms with van der Waals surface area (Å²) in [4.78, 5) is 0. The molecule has 1 spiro atoms. The third kappa shape index (κ3) is 7.02. The third-order valence-electron chi connectivity index (χ3n) is 11.3. The molecule has 38 heavy (non-hydrogen) atoms. The number of hydrogen-bond acceptors (Lipinski definition) is 3. The van der Waals surface area contributed by atoms with E-state index in [1.165, 1.54) is 148 Å². The quantitative estimate of drug-likeness (QED) is 0.326. The van der Waals surface area contributed by atoms with Gasteiger partial charge in [-0.25, -0.2) is 0 Å². The van der Waals surface area contributed by atoms with E-state index >= 15 is 0 Å². The summed E-state index contributed by atoms with van der Waals surface area (Å²) < 4.78 is 6.90. The summed E-state index contributed by atoms with van der Waals surface area (Å²) in [7, 11) is 0. The van der Waals surface area contributed by atoms with Crippen molar-refractivity contribution in [3.8, 4) is 0 Å². The topological polar surface area (TPSA) is 49.7 Å². The molecule has 1 aliphatic heterocycles. The van der Waals surface area contributed by atoms with Crippen LogP contribution in [0.2, 0.25) is 0 Å². The Morgan fingerprint density at radius 2 is 0.737 bits per heavy atom. The lowest BCUT2D eigenvalue weighted by Gasteiger charge is -2.56. The summed E-state index contributed by atoms with van der Waals surface area (Å²) in [6.45, 7) is 0.765. The lowest BCUT2D eigenvalue weighted by atomic mass is 9.60. The molecule has 3 saturated carbocycles. The van der Waals surface area contributed by atoms with Crippen LogP contribution in [0.3, 0.4) is 0 Å². The van der Waals surface area contributed by atoms with Crippen molar-refractivity contribution in [2.24, 2.45) is 11.8 Å². The molecule has 0 bridgehead atoms. The maximum Gasteiger partial charge on any atom is 0.129 e. The molecule has 0 aromatic rings. The molecule has 222 valence electrons. The predicted octanol–water partition coefficient (Wildman–Crippen LogP) is 9.80. The molecule has 4 aliphatic rings. The van der Waals surface area contributed by atoms with Crippen molar-refractivity contribution in [2.45, 2.75) is 203 Å². The van der Waals surface area contributed by atoms with E-state index in [4.69, 9.17) is 4.74 Å². The van der Waals surface area contributed by atoms with Crippen LogP contribution in [0, 0.1) is 11.8 Å². The molecule has 3 heteroatoms. The molecule has 5 unspecified atom stereocenters. The fraction of sp³-hybridized carbons (Fsp3) is 1.00. The Labute approximate surface area is 236 Å². The zero-order valence-electron chi connectivity index (χ0n) is 25.2. The van der Waals surface area contributed by atoms with Gasteiger partial charge in [-0.15, -0.1) is 0 Å². The van der Waals surface area contributed by atoms with Gasteiger partial charge in [-0.2, -0.15) is 0 Å². The summed E-state index contributed by atoms with van der Waals surface area (Å²) in [6.07, 6.45) is 37.3. The molecular weight excluding hydrogens is 468 g/mol. The zero-order valence-corrected chi connectivity index (χ0v) is 25.2. The van der Waals surface area contributed by atoms with E-state index in [1.54, 1.807) is 0 Å². The van der Waals surface area contributed by atoms with Gasteiger partial charge in [0.15, 0.2) is 0 Å². The van der Waals surface area contributed by atoms with Gasteiger partial charge in [0.1, 0.15) is 16.8 Å². The second-order valence-electron chi connectivity index (χ2n) is 14.0. The minimum atomic E-state index is -0.990. The normalized spacial score (nSPS) is 40.6. The second kappa shape index (κ2) is 15.8. The van der Waals surface area contributed by atoms with Crippen molar-refractivity contribution in [1.29, 1.82) is 0 Å². The van der Waals surface area contributed by atoms with Crippen LogP contribution in [0.1, 0.15) is 186 Å². The van der Waals surface area contributed by atoms with Gasteiger partial charge in [0.25, 0.3) is 0 Å². The minimum absolute atomic E-state index is 0.0349. The largest absolute Gasteiger partial charge is 0.386 e. The zero-order chi connectivity index (χ0) is 26.6. The highest BCUT2D eigenvalue weighted by Gasteiger charge is 2.96. The molecule has 0 amide bonds. The van der Waals surface area contributed by atoms with Gasteiger partial charge in [-0.1, -0.05) is 161 Å². The number of aliphatic hydroxyl groups is 2. The molecule has 0 radical (unpaired) electrons. The van der Waals surface area contributed by atoms with Crippen LogP contribution >= 0.6 is 0 Å². The Morgan fingerprint density at radius 3 is 1.18 bits per heavy atom. The fourth-order valence-electron chi connectivity index (χ4n) is 9.09. The van der Waals surface area contributed by atoms with Crippen LogP contribution < -0.4 is 0 Å². The standard InChI is InChI=1S/C35H64O3/c36-34-31-27-23-19-15-11-7-3-1-5-9-13-17-21-25-29-33(31)35(34,37)32(34)28-24-20-16-12-8-4-2-6-10-14-18-22-26-30-38-33/h31-32,36-37H,1-30H2. The Balaban J connectivity index is 1.44. The highest BCUT2D eigenvalue weighted by Crippen LogP contribution is 2.80. The maximum absolute atomic E-state index is 12.2. The molecule has 4 fully saturated rings. The highest BCUT2D eigenvalue weighted by atomic mass is 16.5. The van der Waals surface area contributed by atoms with Crippen LogP contribution in [0.25, 0.3) is 0 Å². The first-order chi connectivity index (χ1) is 18.7. The fourth-order valence-corrected chi connectivity index (χ4v) is 9.09. The average molecular weight is 533 g/mol. The Hall–Kier alpha value is -0.120. The third-order valence-corrected chi connectivity index (χ3v) is 11.3. The summed E-state index contributed by atoms with van der Waals surface area (Å²) in [5.41, 5.74) is -2.36. The van der Waals surface area contributed by atoms with Crippen molar-refractivity contribution in [3.63, 3.8) is 0 Å². The second-order valence-corrected chi connectivity index (χ2v) is 14.0. The molecular formula is C35H64O3. The molecule has 5 atom stereocenters. The molecule has 0 aromatic heterocycles. The summed E-state index contributed by atoms with van der Waals surface area (Å²) in [6, 6.07) is 0. The predicted molar refractivity (Wildman–Crippen MR) is 159 cm³/mol. The van der Waals surface area contributed by atoms with Gasteiger partial charge in [-0.05, 0) is 25.7 Å². The van der Waals surface area contributed by atoms with Gasteiger partial charge >= 0.3 is 0 Å². The number of hydrogen-bond donors (Lipinski definition) is 2. The van der Waals surface area contributed by atoms with Crippen LogP contribution in [-0.4, -0.2) is 33.6 Å². The molecule has 3 aliphatic carbocycles. The van der Waals surface area contributed by atoms with Gasteiger partial charge in [-0.3, -0.25) is 0 Å². The first-order valence-corrected chi connectivity index (χ1v) is 17.8. The number of rotatable bonds is 0. The van der Waals surface area contributed by atoms with E-state index in [1.807, 2.05) is 0 Å². The summed E-state index contributed by atoms with van der Waals surface area (Å²) in [5, 5.41) is 24.2. The van der Waals surface area contributed by atoms with Crippen molar-refractivity contribution in [1.82, 2.24) is 0 Å². The van der Waals surface area contributed by atoms with Crippen molar-refractivity contribution < 1.29 is 14.9 Å². The van der Waals surface area contributed by atoms with Gasteiger partial charge in [0.05, 0.1) is 0 Å².